The highest BCUT2D eigenvalue weighted by Gasteiger charge is 2.39. The van der Waals surface area contributed by atoms with Crippen LogP contribution in [0.25, 0.3) is 0 Å². The number of pyridine rings is 2. The Morgan fingerprint density at radius 1 is 1.07 bits per heavy atom. The lowest BCUT2D eigenvalue weighted by Gasteiger charge is -2.39. The van der Waals surface area contributed by atoms with E-state index >= 15 is 0 Å². The molecule has 0 radical (unpaired) electrons. The van der Waals surface area contributed by atoms with Crippen LogP contribution in [0.4, 0.5) is 0 Å². The Hall–Kier alpha value is -1.90. The van der Waals surface area contributed by atoms with E-state index < -0.39 is 11.3 Å². The zero-order valence-corrected chi connectivity index (χ0v) is 17.9. The lowest BCUT2D eigenvalue weighted by atomic mass is 9.85. The monoisotopic (exact) mass is 418 g/mol. The second-order valence-electron chi connectivity index (χ2n) is 6.79. The summed E-state index contributed by atoms with van der Waals surface area (Å²) in [5.41, 5.74) is 1.42. The number of hydrogen-bond donors (Lipinski definition) is 3. The Morgan fingerprint density at radius 2 is 1.64 bits per heavy atom. The van der Waals surface area contributed by atoms with E-state index in [2.05, 4.69) is 27.9 Å². The molecule has 0 aliphatic carbocycles. The summed E-state index contributed by atoms with van der Waals surface area (Å²) >= 11 is 9.53. The number of thiol groups is 2. The van der Waals surface area contributed by atoms with E-state index in [0.29, 0.717) is 5.69 Å². The van der Waals surface area contributed by atoms with Gasteiger partial charge in [-0.2, -0.15) is 25.3 Å². The maximum Gasteiger partial charge on any atom is 0.217 e. The zero-order chi connectivity index (χ0) is 20.7. The van der Waals surface area contributed by atoms with E-state index in [0.717, 1.165) is 12.0 Å². The molecule has 2 rings (SSSR count). The second-order valence-corrected chi connectivity index (χ2v) is 7.94. The van der Waals surface area contributed by atoms with E-state index in [1.807, 2.05) is 55.4 Å². The fourth-order valence-corrected chi connectivity index (χ4v) is 4.78. The minimum Gasteiger partial charge on any atom is -0.344 e. The molecule has 2 aromatic heterocycles. The van der Waals surface area contributed by atoms with Crippen LogP contribution in [0.1, 0.15) is 30.1 Å². The number of carbonyl (C=O) groups is 2. The highest BCUT2D eigenvalue weighted by Crippen LogP contribution is 2.35. The molecule has 5 atom stereocenters. The van der Waals surface area contributed by atoms with Gasteiger partial charge in [0, 0.05) is 42.2 Å². The van der Waals surface area contributed by atoms with Crippen molar-refractivity contribution in [2.45, 2.75) is 35.4 Å². The lowest BCUT2D eigenvalue weighted by Crippen LogP contribution is -2.49. The standard InChI is InChI=1S/C20H26N4O2S2/c1-13(26)23-20(28)17(16-9-5-7-11-22-16)19(27)18(24(2)3)14(12-25)15-8-4-6-10-21-15/h4-12,14,17-20,27-28H,1-3H3,(H,23,26). The third kappa shape index (κ3) is 5.56. The molecule has 2 aromatic rings. The topological polar surface area (TPSA) is 75.2 Å². The van der Waals surface area contributed by atoms with Crippen molar-refractivity contribution in [1.29, 1.82) is 0 Å². The molecule has 0 fully saturated rings. The quantitative estimate of drug-likeness (QED) is 0.331. The maximum absolute atomic E-state index is 12.1. The summed E-state index contributed by atoms with van der Waals surface area (Å²) in [6, 6.07) is 10.8. The predicted molar refractivity (Wildman–Crippen MR) is 117 cm³/mol. The first-order valence-corrected chi connectivity index (χ1v) is 9.97. The Kier molecular flexibility index (Phi) is 8.47. The summed E-state index contributed by atoms with van der Waals surface area (Å²) in [7, 11) is 3.80. The molecule has 0 aromatic carbocycles. The van der Waals surface area contributed by atoms with Crippen molar-refractivity contribution < 1.29 is 9.59 Å². The fraction of sp³-hybridized carbons (Fsp3) is 0.400. The smallest absolute Gasteiger partial charge is 0.217 e. The number of likely N-dealkylation sites (N-methyl/N-ethyl adjacent to an activating group) is 1. The fourth-order valence-electron chi connectivity index (χ4n) is 3.34. The van der Waals surface area contributed by atoms with E-state index in [1.165, 1.54) is 6.92 Å². The zero-order valence-electron chi connectivity index (χ0n) is 16.1. The third-order valence-corrected chi connectivity index (χ3v) is 5.66. The first-order chi connectivity index (χ1) is 13.4. The largest absolute Gasteiger partial charge is 0.344 e. The van der Waals surface area contributed by atoms with E-state index in [-0.39, 0.29) is 23.1 Å². The van der Waals surface area contributed by atoms with Crippen LogP contribution in [-0.4, -0.2) is 57.8 Å². The van der Waals surface area contributed by atoms with Crippen LogP contribution < -0.4 is 5.32 Å². The average molecular weight is 419 g/mol. The number of aldehydes is 1. The first kappa shape index (κ1) is 22.4. The number of amides is 1. The van der Waals surface area contributed by atoms with Crippen molar-refractivity contribution in [1.82, 2.24) is 20.2 Å². The van der Waals surface area contributed by atoms with Crippen molar-refractivity contribution >= 4 is 37.5 Å². The highest BCUT2D eigenvalue weighted by molar-refractivity contribution is 7.82. The van der Waals surface area contributed by atoms with Gasteiger partial charge in [0.05, 0.1) is 17.0 Å². The Labute approximate surface area is 177 Å². The molecule has 0 aliphatic heterocycles. The summed E-state index contributed by atoms with van der Waals surface area (Å²) in [6.45, 7) is 1.44. The molecule has 0 bridgehead atoms. The average Bonchev–Trinajstić information content (AvgIpc) is 2.66. The Balaban J connectivity index is 2.46. The molecule has 1 N–H and O–H groups in total. The molecule has 150 valence electrons. The molecule has 2 heterocycles. The summed E-state index contributed by atoms with van der Waals surface area (Å²) in [6.07, 6.45) is 4.26. The van der Waals surface area contributed by atoms with Gasteiger partial charge in [-0.05, 0) is 38.4 Å². The summed E-state index contributed by atoms with van der Waals surface area (Å²) < 4.78 is 0. The van der Waals surface area contributed by atoms with Gasteiger partial charge in [-0.25, -0.2) is 0 Å². The Morgan fingerprint density at radius 3 is 2.07 bits per heavy atom. The van der Waals surface area contributed by atoms with Gasteiger partial charge in [-0.3, -0.25) is 14.8 Å². The summed E-state index contributed by atoms with van der Waals surface area (Å²) in [5.74, 6) is -1.03. The van der Waals surface area contributed by atoms with E-state index in [9.17, 15) is 9.59 Å². The van der Waals surface area contributed by atoms with E-state index in [1.54, 1.807) is 12.4 Å². The molecule has 5 unspecified atom stereocenters. The van der Waals surface area contributed by atoms with Crippen LogP contribution in [-0.2, 0) is 9.59 Å². The van der Waals surface area contributed by atoms with Crippen molar-refractivity contribution in [3.05, 3.63) is 60.2 Å². The minimum absolute atomic E-state index is 0.195. The van der Waals surface area contributed by atoms with Crippen molar-refractivity contribution in [3.63, 3.8) is 0 Å². The second kappa shape index (κ2) is 10.6. The number of nitrogens with one attached hydrogen (secondary N) is 1. The van der Waals surface area contributed by atoms with Crippen LogP contribution in [0, 0.1) is 0 Å². The van der Waals surface area contributed by atoms with E-state index in [4.69, 9.17) is 12.6 Å². The van der Waals surface area contributed by atoms with Gasteiger partial charge < -0.3 is 15.0 Å². The number of rotatable bonds is 9. The molecule has 0 spiro atoms. The van der Waals surface area contributed by atoms with Crippen LogP contribution in [0.5, 0.6) is 0 Å². The third-order valence-electron chi connectivity index (χ3n) is 4.58. The van der Waals surface area contributed by atoms with Gasteiger partial charge in [-0.15, -0.1) is 0 Å². The van der Waals surface area contributed by atoms with Crippen molar-refractivity contribution in [2.24, 2.45) is 0 Å². The molecule has 0 saturated heterocycles. The summed E-state index contributed by atoms with van der Waals surface area (Å²) in [4.78, 5) is 34.5. The van der Waals surface area contributed by atoms with Gasteiger partial charge in [0.15, 0.2) is 0 Å². The molecular weight excluding hydrogens is 392 g/mol. The number of nitrogens with zero attached hydrogens (tertiary/aromatic N) is 3. The summed E-state index contributed by atoms with van der Waals surface area (Å²) in [5, 5.41) is 1.94. The minimum atomic E-state index is -0.520. The molecule has 0 saturated carbocycles. The van der Waals surface area contributed by atoms with Crippen LogP contribution in [0.2, 0.25) is 0 Å². The molecule has 28 heavy (non-hydrogen) atoms. The number of carbonyl (C=O) groups excluding carboxylic acids is 2. The highest BCUT2D eigenvalue weighted by atomic mass is 32.1. The van der Waals surface area contributed by atoms with Gasteiger partial charge in [0.25, 0.3) is 0 Å². The molecule has 1 amide bonds. The molecule has 8 heteroatoms. The molecule has 6 nitrogen and oxygen atoms in total. The number of hydrogen-bond acceptors (Lipinski definition) is 7. The van der Waals surface area contributed by atoms with Crippen LogP contribution in [0.15, 0.2) is 48.8 Å². The lowest BCUT2D eigenvalue weighted by molar-refractivity contribution is -0.119. The molecular formula is C20H26N4O2S2. The van der Waals surface area contributed by atoms with Crippen molar-refractivity contribution in [3.8, 4) is 0 Å². The SMILES string of the molecule is CC(=O)NC(S)C(c1ccccn1)C(S)C(C(C=O)c1ccccn1)N(C)C. The van der Waals surface area contributed by atoms with Crippen molar-refractivity contribution in [2.75, 3.05) is 14.1 Å². The Bertz CT molecular complexity index is 761. The molecule has 0 aliphatic rings. The van der Waals surface area contributed by atoms with Gasteiger partial charge in [0.2, 0.25) is 5.91 Å². The van der Waals surface area contributed by atoms with Gasteiger partial charge in [0.1, 0.15) is 6.29 Å². The normalized spacial score (nSPS) is 16.6. The predicted octanol–water partition coefficient (Wildman–Crippen LogP) is 2.16. The van der Waals surface area contributed by atoms with Crippen LogP contribution in [0.3, 0.4) is 0 Å². The maximum atomic E-state index is 12.1. The van der Waals surface area contributed by atoms with Crippen LogP contribution >= 0.6 is 25.3 Å². The van der Waals surface area contributed by atoms with Gasteiger partial charge >= 0.3 is 0 Å². The first-order valence-electron chi connectivity index (χ1n) is 8.93. The number of aromatic nitrogens is 2. The van der Waals surface area contributed by atoms with Gasteiger partial charge in [-0.1, -0.05) is 12.1 Å².